The zero-order chi connectivity index (χ0) is 14.3. The van der Waals surface area contributed by atoms with Gasteiger partial charge in [-0.3, -0.25) is 4.79 Å². The molecule has 1 saturated heterocycles. The van der Waals surface area contributed by atoms with Crippen molar-refractivity contribution < 1.29 is 19.4 Å². The van der Waals surface area contributed by atoms with Gasteiger partial charge in [-0.25, -0.2) is 4.79 Å². The van der Waals surface area contributed by atoms with Crippen molar-refractivity contribution in [3.05, 3.63) is 0 Å². The molecule has 6 heteroatoms. The van der Waals surface area contributed by atoms with Crippen LogP contribution in [0.5, 0.6) is 0 Å². The molecule has 1 fully saturated rings. The standard InChI is InChI=1S/C13H23NO4S/c1-10(2)3-8-19-9-11(15)14-13(12(16)17)4-6-18-7-5-13/h10H,3-9H2,1-2H3,(H,14,15)(H,16,17). The number of hydrogen-bond donors (Lipinski definition) is 2. The number of carboxylic acids is 1. The second-order valence-corrected chi connectivity index (χ2v) is 6.39. The van der Waals surface area contributed by atoms with E-state index in [1.165, 1.54) is 0 Å². The van der Waals surface area contributed by atoms with E-state index in [4.69, 9.17) is 4.74 Å². The summed E-state index contributed by atoms with van der Waals surface area (Å²) in [6, 6.07) is 0. The summed E-state index contributed by atoms with van der Waals surface area (Å²) in [5, 5.41) is 12.0. The number of ether oxygens (including phenoxy) is 1. The topological polar surface area (TPSA) is 75.6 Å². The minimum Gasteiger partial charge on any atom is -0.480 e. The third-order valence-electron chi connectivity index (χ3n) is 3.21. The fourth-order valence-corrected chi connectivity index (χ4v) is 2.94. The van der Waals surface area contributed by atoms with Crippen molar-refractivity contribution in [1.82, 2.24) is 5.32 Å². The first-order valence-corrected chi connectivity index (χ1v) is 7.81. The van der Waals surface area contributed by atoms with E-state index in [1.807, 2.05) is 0 Å². The molecule has 0 saturated carbocycles. The lowest BCUT2D eigenvalue weighted by molar-refractivity contribution is -0.151. The molecule has 110 valence electrons. The van der Waals surface area contributed by atoms with E-state index in [-0.39, 0.29) is 5.91 Å². The third kappa shape index (κ3) is 5.40. The largest absolute Gasteiger partial charge is 0.480 e. The number of carbonyl (C=O) groups excluding carboxylic acids is 1. The van der Waals surface area contributed by atoms with Gasteiger partial charge in [-0.05, 0) is 18.1 Å². The molecule has 2 N–H and O–H groups in total. The van der Waals surface area contributed by atoms with Crippen molar-refractivity contribution >= 4 is 23.6 Å². The molecule has 19 heavy (non-hydrogen) atoms. The summed E-state index contributed by atoms with van der Waals surface area (Å²) < 4.78 is 5.16. The Labute approximate surface area is 118 Å². The Balaban J connectivity index is 2.37. The lowest BCUT2D eigenvalue weighted by Crippen LogP contribution is -2.57. The van der Waals surface area contributed by atoms with Crippen molar-refractivity contribution in [1.29, 1.82) is 0 Å². The highest BCUT2D eigenvalue weighted by atomic mass is 32.2. The molecule has 0 spiro atoms. The SMILES string of the molecule is CC(C)CCSCC(=O)NC1(C(=O)O)CCOCC1. The molecule has 0 aliphatic carbocycles. The molecule has 0 aromatic heterocycles. The van der Waals surface area contributed by atoms with Gasteiger partial charge in [-0.1, -0.05) is 13.8 Å². The van der Waals surface area contributed by atoms with Crippen LogP contribution in [0.4, 0.5) is 0 Å². The smallest absolute Gasteiger partial charge is 0.329 e. The molecule has 0 radical (unpaired) electrons. The normalized spacial score (nSPS) is 18.3. The average molecular weight is 289 g/mol. The first kappa shape index (κ1) is 16.3. The minimum atomic E-state index is -1.13. The van der Waals surface area contributed by atoms with Crippen molar-refractivity contribution in [2.24, 2.45) is 5.92 Å². The van der Waals surface area contributed by atoms with Crippen LogP contribution in [0.15, 0.2) is 0 Å². The zero-order valence-electron chi connectivity index (χ0n) is 11.6. The molecule has 0 aromatic rings. The maximum absolute atomic E-state index is 11.8. The Morgan fingerprint density at radius 3 is 2.53 bits per heavy atom. The van der Waals surface area contributed by atoms with Crippen LogP contribution in [0.2, 0.25) is 0 Å². The van der Waals surface area contributed by atoms with Crippen LogP contribution < -0.4 is 5.32 Å². The van der Waals surface area contributed by atoms with Crippen LogP contribution in [-0.2, 0) is 14.3 Å². The van der Waals surface area contributed by atoms with Crippen molar-refractivity contribution in [3.63, 3.8) is 0 Å². The second-order valence-electron chi connectivity index (χ2n) is 5.28. The average Bonchev–Trinajstić information content (AvgIpc) is 2.35. The Morgan fingerprint density at radius 2 is 2.00 bits per heavy atom. The maximum Gasteiger partial charge on any atom is 0.329 e. The number of hydrogen-bond acceptors (Lipinski definition) is 4. The summed E-state index contributed by atoms with van der Waals surface area (Å²) in [4.78, 5) is 23.2. The Hall–Kier alpha value is -0.750. The van der Waals surface area contributed by atoms with E-state index in [9.17, 15) is 14.7 Å². The Bertz CT molecular complexity index is 314. The highest BCUT2D eigenvalue weighted by molar-refractivity contribution is 7.99. The van der Waals surface area contributed by atoms with Gasteiger partial charge in [0.15, 0.2) is 0 Å². The number of carboxylic acid groups (broad SMARTS) is 1. The van der Waals surface area contributed by atoms with E-state index in [0.717, 1.165) is 12.2 Å². The predicted molar refractivity (Wildman–Crippen MR) is 75.3 cm³/mol. The van der Waals surface area contributed by atoms with Crippen LogP contribution in [0.3, 0.4) is 0 Å². The molecule has 0 bridgehead atoms. The molecule has 5 nitrogen and oxygen atoms in total. The van der Waals surface area contributed by atoms with Gasteiger partial charge in [0.05, 0.1) is 5.75 Å². The lowest BCUT2D eigenvalue weighted by atomic mass is 9.90. The van der Waals surface area contributed by atoms with Crippen LogP contribution in [-0.4, -0.2) is 47.2 Å². The monoisotopic (exact) mass is 289 g/mol. The minimum absolute atomic E-state index is 0.196. The van der Waals surface area contributed by atoms with E-state index in [2.05, 4.69) is 19.2 Å². The lowest BCUT2D eigenvalue weighted by Gasteiger charge is -2.33. The molecule has 1 aliphatic rings. The molecule has 0 unspecified atom stereocenters. The predicted octanol–water partition coefficient (Wildman–Crippen LogP) is 1.52. The van der Waals surface area contributed by atoms with Crippen molar-refractivity contribution in [2.45, 2.75) is 38.6 Å². The summed E-state index contributed by atoms with van der Waals surface area (Å²) in [6.07, 6.45) is 1.74. The highest BCUT2D eigenvalue weighted by Gasteiger charge is 2.41. The number of rotatable bonds is 7. The molecule has 1 heterocycles. The van der Waals surface area contributed by atoms with Crippen LogP contribution >= 0.6 is 11.8 Å². The van der Waals surface area contributed by atoms with Gasteiger partial charge >= 0.3 is 5.97 Å². The number of amides is 1. The maximum atomic E-state index is 11.8. The van der Waals surface area contributed by atoms with Gasteiger partial charge < -0.3 is 15.2 Å². The Morgan fingerprint density at radius 1 is 1.37 bits per heavy atom. The van der Waals surface area contributed by atoms with Gasteiger partial charge in [0.2, 0.25) is 5.91 Å². The summed E-state index contributed by atoms with van der Waals surface area (Å²) in [5.41, 5.74) is -1.13. The quantitative estimate of drug-likeness (QED) is 0.695. The number of carbonyl (C=O) groups is 2. The fourth-order valence-electron chi connectivity index (χ4n) is 1.90. The zero-order valence-corrected chi connectivity index (χ0v) is 12.4. The summed E-state index contributed by atoms with van der Waals surface area (Å²) in [7, 11) is 0. The van der Waals surface area contributed by atoms with Crippen molar-refractivity contribution in [3.8, 4) is 0 Å². The van der Waals surface area contributed by atoms with Crippen LogP contribution in [0.1, 0.15) is 33.1 Å². The molecular weight excluding hydrogens is 266 g/mol. The van der Waals surface area contributed by atoms with E-state index in [0.29, 0.717) is 37.7 Å². The number of nitrogens with one attached hydrogen (secondary N) is 1. The van der Waals surface area contributed by atoms with Gasteiger partial charge in [0.25, 0.3) is 0 Å². The Kier molecular flexibility index (Phi) is 6.65. The number of aliphatic carboxylic acids is 1. The molecule has 1 rings (SSSR count). The second kappa shape index (κ2) is 7.75. The van der Waals surface area contributed by atoms with Gasteiger partial charge in [0, 0.05) is 26.1 Å². The number of thioether (sulfide) groups is 1. The van der Waals surface area contributed by atoms with E-state index >= 15 is 0 Å². The van der Waals surface area contributed by atoms with E-state index in [1.54, 1.807) is 11.8 Å². The van der Waals surface area contributed by atoms with Gasteiger partial charge in [0.1, 0.15) is 5.54 Å². The first-order valence-electron chi connectivity index (χ1n) is 6.66. The molecule has 0 aromatic carbocycles. The van der Waals surface area contributed by atoms with Crippen molar-refractivity contribution in [2.75, 3.05) is 24.7 Å². The van der Waals surface area contributed by atoms with Crippen LogP contribution in [0.25, 0.3) is 0 Å². The van der Waals surface area contributed by atoms with Gasteiger partial charge in [-0.15, -0.1) is 0 Å². The molecule has 1 amide bonds. The molecule has 0 atom stereocenters. The molecular formula is C13H23NO4S. The summed E-state index contributed by atoms with van der Waals surface area (Å²) >= 11 is 1.55. The van der Waals surface area contributed by atoms with E-state index < -0.39 is 11.5 Å². The highest BCUT2D eigenvalue weighted by Crippen LogP contribution is 2.21. The summed E-state index contributed by atoms with van der Waals surface area (Å²) in [6.45, 7) is 5.05. The fraction of sp³-hybridized carbons (Fsp3) is 0.846. The summed E-state index contributed by atoms with van der Waals surface area (Å²) in [5.74, 6) is 0.711. The first-order chi connectivity index (χ1) is 8.96. The molecule has 1 aliphatic heterocycles. The third-order valence-corrected chi connectivity index (χ3v) is 4.20. The van der Waals surface area contributed by atoms with Gasteiger partial charge in [-0.2, -0.15) is 11.8 Å². The van der Waals surface area contributed by atoms with Crippen LogP contribution in [0, 0.1) is 5.92 Å².